The molecular weight excluding hydrogens is 430 g/mol. The van der Waals surface area contributed by atoms with Gasteiger partial charge in [0, 0.05) is 30.2 Å². The van der Waals surface area contributed by atoms with Crippen molar-refractivity contribution in [3.8, 4) is 0 Å². The van der Waals surface area contributed by atoms with Gasteiger partial charge in [0.05, 0.1) is 23.0 Å². The van der Waals surface area contributed by atoms with Gasteiger partial charge in [0.2, 0.25) is 0 Å². The lowest BCUT2D eigenvalue weighted by Gasteiger charge is -2.20. The van der Waals surface area contributed by atoms with Gasteiger partial charge in [0.1, 0.15) is 0 Å². The summed E-state index contributed by atoms with van der Waals surface area (Å²) in [5, 5.41) is 16.0. The Labute approximate surface area is 201 Å². The van der Waals surface area contributed by atoms with Gasteiger partial charge in [0.25, 0.3) is 0 Å². The van der Waals surface area contributed by atoms with Crippen LogP contribution in [-0.4, -0.2) is 33.5 Å². The lowest BCUT2D eigenvalue weighted by Crippen LogP contribution is -2.19. The number of ether oxygens (including phenoxy) is 1. The zero-order valence-corrected chi connectivity index (χ0v) is 21.3. The van der Waals surface area contributed by atoms with Crippen molar-refractivity contribution in [2.24, 2.45) is 0 Å². The number of methoxy groups -OCH3 is 1. The number of aromatic nitrogens is 4. The van der Waals surface area contributed by atoms with Gasteiger partial charge < -0.3 is 9.64 Å². The Morgan fingerprint density at radius 2 is 1.94 bits per heavy atom. The minimum atomic E-state index is 0.316. The third-order valence-electron chi connectivity index (χ3n) is 6.03. The molecule has 3 aromatic rings. The highest BCUT2D eigenvalue weighted by Crippen LogP contribution is 2.46. The van der Waals surface area contributed by atoms with Gasteiger partial charge in [-0.3, -0.25) is 0 Å². The van der Waals surface area contributed by atoms with E-state index in [1.807, 2.05) is 16.3 Å². The molecule has 7 heteroatoms. The van der Waals surface area contributed by atoms with Crippen molar-refractivity contribution in [3.05, 3.63) is 51.6 Å². The number of benzene rings is 1. The topological polar surface area (TPSA) is 55.6 Å². The van der Waals surface area contributed by atoms with Crippen LogP contribution >= 0.6 is 11.8 Å². The van der Waals surface area contributed by atoms with Crippen LogP contribution in [0.2, 0.25) is 0 Å². The Morgan fingerprint density at radius 1 is 1.09 bits per heavy atom. The lowest BCUT2D eigenvalue weighted by atomic mass is 10.1. The molecule has 0 aliphatic carbocycles. The van der Waals surface area contributed by atoms with Crippen molar-refractivity contribution >= 4 is 29.2 Å². The molecule has 33 heavy (non-hydrogen) atoms. The van der Waals surface area contributed by atoms with Gasteiger partial charge in [-0.2, -0.15) is 9.61 Å². The largest absolute Gasteiger partial charge is 0.380 e. The molecule has 0 radical (unpaired) electrons. The monoisotopic (exact) mass is 465 g/mol. The van der Waals surface area contributed by atoms with Crippen LogP contribution in [-0.2, 0) is 17.8 Å². The van der Waals surface area contributed by atoms with Crippen molar-refractivity contribution in [3.63, 3.8) is 0 Å². The molecule has 1 aliphatic heterocycles. The average molecular weight is 466 g/mol. The molecule has 0 atom stereocenters. The number of hydrogen-bond donors (Lipinski definition) is 0. The smallest absolute Gasteiger partial charge is 0.186 e. The maximum absolute atomic E-state index is 5.35. The number of anilines is 1. The van der Waals surface area contributed by atoms with Gasteiger partial charge in [-0.25, -0.2) is 0 Å². The molecule has 2 aromatic heterocycles. The number of fused-ring (bicyclic) bond motifs is 2. The van der Waals surface area contributed by atoms with Crippen LogP contribution in [0.25, 0.3) is 11.7 Å². The fraction of sp³-hybridized carbons (Fsp3) is 0.500. The van der Waals surface area contributed by atoms with E-state index >= 15 is 0 Å². The third-order valence-corrected chi connectivity index (χ3v) is 7.14. The van der Waals surface area contributed by atoms with Crippen molar-refractivity contribution < 1.29 is 4.74 Å². The van der Waals surface area contributed by atoms with Gasteiger partial charge in [0.15, 0.2) is 11.5 Å². The summed E-state index contributed by atoms with van der Waals surface area (Å²) >= 11 is 1.84. The minimum absolute atomic E-state index is 0.316. The third kappa shape index (κ3) is 4.94. The van der Waals surface area contributed by atoms with Crippen LogP contribution in [0.5, 0.6) is 0 Å². The molecule has 4 rings (SSSR count). The number of thioether (sulfide) groups is 1. The number of unbranched alkanes of at least 4 members (excludes halogenated alkanes) is 3. The molecule has 0 amide bonds. The SMILES string of the molecule is CCCCCCN1/C(=C\C=c2/c(C(C)C)nn3c(CC)nnc23)Sc2cc(COC)ccc21. The van der Waals surface area contributed by atoms with Gasteiger partial charge in [-0.15, -0.1) is 10.2 Å². The molecular formula is C26H35N5OS. The standard InChI is InChI=1S/C26H35N5OS/c1-6-8-9-10-15-30-21-13-11-19(17-32-5)16-22(21)33-24(30)14-12-20-25(18(3)4)29-31-23(7-2)27-28-26(20)31/h11-14,16,18H,6-10,15,17H2,1-5H3/b20-12+,24-14+. The molecule has 0 saturated heterocycles. The van der Waals surface area contributed by atoms with E-state index in [2.05, 4.69) is 73.1 Å². The van der Waals surface area contributed by atoms with Crippen LogP contribution in [0, 0.1) is 0 Å². The van der Waals surface area contributed by atoms with Crippen LogP contribution in [0.1, 0.15) is 76.4 Å². The van der Waals surface area contributed by atoms with Crippen LogP contribution in [0.15, 0.2) is 34.2 Å². The molecule has 0 bridgehead atoms. The summed E-state index contributed by atoms with van der Waals surface area (Å²) in [5.74, 6) is 1.22. The Hall–Kier alpha value is -2.38. The second kappa shape index (κ2) is 10.7. The maximum atomic E-state index is 5.35. The maximum Gasteiger partial charge on any atom is 0.186 e. The van der Waals surface area contributed by atoms with E-state index in [0.29, 0.717) is 12.5 Å². The first kappa shape index (κ1) is 23.8. The van der Waals surface area contributed by atoms with E-state index in [-0.39, 0.29) is 0 Å². The predicted molar refractivity (Wildman–Crippen MR) is 137 cm³/mol. The molecule has 0 fully saturated rings. The van der Waals surface area contributed by atoms with E-state index in [4.69, 9.17) is 9.84 Å². The molecule has 0 spiro atoms. The highest BCUT2D eigenvalue weighted by atomic mass is 32.2. The Morgan fingerprint density at radius 3 is 2.67 bits per heavy atom. The molecule has 3 heterocycles. The van der Waals surface area contributed by atoms with Crippen LogP contribution in [0.3, 0.4) is 0 Å². The summed E-state index contributed by atoms with van der Waals surface area (Å²) in [7, 11) is 1.75. The molecule has 0 unspecified atom stereocenters. The van der Waals surface area contributed by atoms with Crippen molar-refractivity contribution in [1.82, 2.24) is 19.8 Å². The van der Waals surface area contributed by atoms with Gasteiger partial charge in [-0.05, 0) is 42.2 Å². The molecule has 0 saturated carbocycles. The summed E-state index contributed by atoms with van der Waals surface area (Å²) in [5.41, 5.74) is 4.43. The second-order valence-electron chi connectivity index (χ2n) is 8.88. The Balaban J connectivity index is 1.72. The first-order chi connectivity index (χ1) is 16.1. The summed E-state index contributed by atoms with van der Waals surface area (Å²) in [6.07, 6.45) is 10.2. The summed E-state index contributed by atoms with van der Waals surface area (Å²) in [6.45, 7) is 10.4. The van der Waals surface area contributed by atoms with Crippen molar-refractivity contribution in [2.45, 2.75) is 77.2 Å². The highest BCUT2D eigenvalue weighted by molar-refractivity contribution is 8.03. The van der Waals surface area contributed by atoms with Gasteiger partial charge >= 0.3 is 0 Å². The minimum Gasteiger partial charge on any atom is -0.380 e. The summed E-state index contributed by atoms with van der Waals surface area (Å²) in [6, 6.07) is 6.68. The fourth-order valence-corrected chi connectivity index (χ4v) is 5.43. The predicted octanol–water partition coefficient (Wildman–Crippen LogP) is 5.49. The molecule has 6 nitrogen and oxygen atoms in total. The first-order valence-electron chi connectivity index (χ1n) is 12.1. The number of rotatable bonds is 10. The normalized spacial score (nSPS) is 15.5. The van der Waals surface area contributed by atoms with E-state index in [9.17, 15) is 0 Å². The fourth-order valence-electron chi connectivity index (χ4n) is 4.28. The molecule has 1 aliphatic rings. The quantitative estimate of drug-likeness (QED) is 0.369. The Bertz CT molecular complexity index is 1180. The molecule has 1 aromatic carbocycles. The second-order valence-corrected chi connectivity index (χ2v) is 9.94. The van der Waals surface area contributed by atoms with Crippen molar-refractivity contribution in [2.75, 3.05) is 18.6 Å². The average Bonchev–Trinajstić information content (AvgIpc) is 3.47. The van der Waals surface area contributed by atoms with Crippen molar-refractivity contribution in [1.29, 1.82) is 0 Å². The summed E-state index contributed by atoms with van der Waals surface area (Å²) < 4.78 is 7.26. The summed E-state index contributed by atoms with van der Waals surface area (Å²) in [4.78, 5) is 3.76. The number of aryl methyl sites for hydroxylation is 1. The number of nitrogens with zero attached hydrogens (tertiary/aromatic N) is 5. The van der Waals surface area contributed by atoms with E-state index < -0.39 is 0 Å². The Kier molecular flexibility index (Phi) is 7.71. The van der Waals surface area contributed by atoms with E-state index in [1.54, 1.807) is 7.11 Å². The number of hydrogen-bond acceptors (Lipinski definition) is 6. The lowest BCUT2D eigenvalue weighted by molar-refractivity contribution is 0.185. The zero-order valence-electron chi connectivity index (χ0n) is 20.5. The first-order valence-corrected chi connectivity index (χ1v) is 12.9. The number of allylic oxidation sites excluding steroid dienone is 1. The molecule has 176 valence electrons. The molecule has 0 N–H and O–H groups in total. The van der Waals surface area contributed by atoms with Crippen LogP contribution in [0.4, 0.5) is 5.69 Å². The van der Waals surface area contributed by atoms with Crippen LogP contribution < -0.4 is 10.1 Å². The van der Waals surface area contributed by atoms with Gasteiger partial charge in [-0.1, -0.05) is 64.8 Å². The zero-order chi connectivity index (χ0) is 23.4. The highest BCUT2D eigenvalue weighted by Gasteiger charge is 2.25. The van der Waals surface area contributed by atoms with E-state index in [0.717, 1.165) is 35.3 Å². The van der Waals surface area contributed by atoms with E-state index in [1.165, 1.54) is 46.9 Å².